The lowest BCUT2D eigenvalue weighted by Gasteiger charge is -2.24. The van der Waals surface area contributed by atoms with E-state index in [-0.39, 0.29) is 30.9 Å². The number of hydrogen-bond acceptors (Lipinski definition) is 4. The average molecular weight is 383 g/mol. The molecule has 0 spiro atoms. The van der Waals surface area contributed by atoms with Crippen molar-refractivity contribution < 1.29 is 17.9 Å². The molecule has 7 heteroatoms. The van der Waals surface area contributed by atoms with E-state index in [1.54, 1.807) is 0 Å². The first kappa shape index (κ1) is 20.9. The molecule has 1 aliphatic heterocycles. The summed E-state index contributed by atoms with van der Waals surface area (Å²) in [6, 6.07) is 5.68. The quantitative estimate of drug-likeness (QED) is 0.712. The van der Waals surface area contributed by atoms with Gasteiger partial charge < -0.3 is 10.1 Å². The first-order valence-electron chi connectivity index (χ1n) is 9.29. The van der Waals surface area contributed by atoms with E-state index in [0.717, 1.165) is 36.1 Å². The Bertz CT molecular complexity index is 712. The maximum atomic E-state index is 12.7. The van der Waals surface area contributed by atoms with Gasteiger partial charge in [0.1, 0.15) is 0 Å². The van der Waals surface area contributed by atoms with Crippen molar-refractivity contribution in [2.75, 3.05) is 30.8 Å². The maximum absolute atomic E-state index is 12.7. The van der Waals surface area contributed by atoms with E-state index < -0.39 is 10.0 Å². The molecule has 146 valence electrons. The number of carbonyl (C=O) groups is 1. The van der Waals surface area contributed by atoms with Crippen LogP contribution in [0.5, 0.6) is 0 Å². The number of aryl methyl sites for hydroxylation is 1. The van der Waals surface area contributed by atoms with Gasteiger partial charge in [0.2, 0.25) is 15.9 Å². The number of benzene rings is 1. The molecule has 0 aliphatic carbocycles. The Morgan fingerprint density at radius 1 is 1.35 bits per heavy atom. The van der Waals surface area contributed by atoms with Gasteiger partial charge in [0.25, 0.3) is 0 Å². The highest BCUT2D eigenvalue weighted by Gasteiger charge is 2.29. The summed E-state index contributed by atoms with van der Waals surface area (Å²) < 4.78 is 32.2. The molecule has 2 rings (SSSR count). The van der Waals surface area contributed by atoms with Gasteiger partial charge in [0, 0.05) is 18.8 Å². The number of nitrogens with one attached hydrogen (secondary N) is 1. The number of ether oxygens (including phenoxy) is 1. The van der Waals surface area contributed by atoms with Crippen molar-refractivity contribution in [3.05, 3.63) is 29.3 Å². The topological polar surface area (TPSA) is 75.7 Å². The Hall–Kier alpha value is -1.44. The van der Waals surface area contributed by atoms with E-state index in [1.165, 1.54) is 4.31 Å². The van der Waals surface area contributed by atoms with Crippen molar-refractivity contribution in [3.63, 3.8) is 0 Å². The zero-order valence-corrected chi connectivity index (χ0v) is 16.8. The monoisotopic (exact) mass is 382 g/mol. The second kappa shape index (κ2) is 9.48. The van der Waals surface area contributed by atoms with Crippen LogP contribution in [0.1, 0.15) is 43.7 Å². The van der Waals surface area contributed by atoms with Gasteiger partial charge in [-0.05, 0) is 50.3 Å². The van der Waals surface area contributed by atoms with Crippen LogP contribution in [0.3, 0.4) is 0 Å². The molecule has 1 saturated heterocycles. The maximum Gasteiger partial charge on any atom is 0.239 e. The van der Waals surface area contributed by atoms with Crippen LogP contribution in [0.15, 0.2) is 18.2 Å². The van der Waals surface area contributed by atoms with Crippen LogP contribution < -0.4 is 5.32 Å². The third-order valence-electron chi connectivity index (χ3n) is 4.78. The molecule has 1 unspecified atom stereocenters. The smallest absolute Gasteiger partial charge is 0.239 e. The molecule has 1 N–H and O–H groups in total. The molecular formula is C19H30N2O4S. The van der Waals surface area contributed by atoms with Crippen molar-refractivity contribution in [2.45, 2.75) is 52.6 Å². The highest BCUT2D eigenvalue weighted by Crippen LogP contribution is 2.19. The summed E-state index contributed by atoms with van der Waals surface area (Å²) in [5, 5.41) is 2.85. The van der Waals surface area contributed by atoms with Gasteiger partial charge in [0.15, 0.2) is 0 Å². The van der Waals surface area contributed by atoms with Crippen molar-refractivity contribution >= 4 is 21.6 Å². The first-order valence-corrected chi connectivity index (χ1v) is 10.9. The molecular weight excluding hydrogens is 352 g/mol. The predicted molar refractivity (Wildman–Crippen MR) is 104 cm³/mol. The fourth-order valence-electron chi connectivity index (χ4n) is 2.98. The van der Waals surface area contributed by atoms with Crippen LogP contribution in [-0.2, 0) is 19.6 Å². The first-order chi connectivity index (χ1) is 12.3. The van der Waals surface area contributed by atoms with E-state index in [2.05, 4.69) is 5.32 Å². The van der Waals surface area contributed by atoms with Gasteiger partial charge in [-0.1, -0.05) is 25.5 Å². The number of rotatable bonds is 9. The summed E-state index contributed by atoms with van der Waals surface area (Å²) in [5.41, 5.74) is 2.79. The van der Waals surface area contributed by atoms with Crippen molar-refractivity contribution in [3.8, 4) is 0 Å². The minimum Gasteiger partial charge on any atom is -0.377 e. The standard InChI is InChI=1S/C19H30N2O4S/c1-4-5-12-26(23,24)21(13-17-9-7-11-25-17)14-19(22)20-18-10-6-8-15(2)16(18)3/h6,8,10,17H,4-5,7,9,11-14H2,1-3H3,(H,20,22). The van der Waals surface area contributed by atoms with Crippen LogP contribution >= 0.6 is 0 Å². The molecule has 1 aromatic rings. The van der Waals surface area contributed by atoms with E-state index in [1.807, 2.05) is 39.0 Å². The lowest BCUT2D eigenvalue weighted by Crippen LogP contribution is -2.43. The third kappa shape index (κ3) is 5.79. The van der Waals surface area contributed by atoms with E-state index in [0.29, 0.717) is 13.0 Å². The van der Waals surface area contributed by atoms with Gasteiger partial charge >= 0.3 is 0 Å². The van der Waals surface area contributed by atoms with Gasteiger partial charge in [-0.25, -0.2) is 8.42 Å². The zero-order chi connectivity index (χ0) is 19.2. The summed E-state index contributed by atoms with van der Waals surface area (Å²) in [6.07, 6.45) is 3.02. The number of nitrogens with zero attached hydrogens (tertiary/aromatic N) is 1. The fourth-order valence-corrected chi connectivity index (χ4v) is 4.60. The predicted octanol–water partition coefficient (Wildman–Crippen LogP) is 2.85. The number of amides is 1. The molecule has 26 heavy (non-hydrogen) atoms. The molecule has 0 saturated carbocycles. The van der Waals surface area contributed by atoms with E-state index in [9.17, 15) is 13.2 Å². The Morgan fingerprint density at radius 3 is 2.77 bits per heavy atom. The lowest BCUT2D eigenvalue weighted by atomic mass is 10.1. The SMILES string of the molecule is CCCCS(=O)(=O)N(CC(=O)Nc1cccc(C)c1C)CC1CCCO1. The number of hydrogen-bond donors (Lipinski definition) is 1. The summed E-state index contributed by atoms with van der Waals surface area (Å²) >= 11 is 0. The van der Waals surface area contributed by atoms with Crippen molar-refractivity contribution in [2.24, 2.45) is 0 Å². The molecule has 6 nitrogen and oxygen atoms in total. The number of sulfonamides is 1. The zero-order valence-electron chi connectivity index (χ0n) is 16.0. The summed E-state index contributed by atoms with van der Waals surface area (Å²) in [6.45, 7) is 6.58. The highest BCUT2D eigenvalue weighted by atomic mass is 32.2. The molecule has 1 amide bonds. The molecule has 1 aromatic carbocycles. The Balaban J connectivity index is 2.08. The Labute approximate surface area is 157 Å². The van der Waals surface area contributed by atoms with Crippen LogP contribution in [0.2, 0.25) is 0 Å². The van der Waals surface area contributed by atoms with Crippen molar-refractivity contribution in [1.29, 1.82) is 0 Å². The lowest BCUT2D eigenvalue weighted by molar-refractivity contribution is -0.116. The van der Waals surface area contributed by atoms with Crippen LogP contribution in [-0.4, -0.2) is 50.2 Å². The number of anilines is 1. The number of unbranched alkanes of at least 4 members (excludes halogenated alkanes) is 1. The molecule has 0 bridgehead atoms. The second-order valence-corrected chi connectivity index (χ2v) is 8.98. The average Bonchev–Trinajstić information content (AvgIpc) is 3.10. The summed E-state index contributed by atoms with van der Waals surface area (Å²) in [7, 11) is -3.49. The van der Waals surface area contributed by atoms with Gasteiger partial charge in [-0.2, -0.15) is 4.31 Å². The minimum atomic E-state index is -3.49. The molecule has 0 aromatic heterocycles. The highest BCUT2D eigenvalue weighted by molar-refractivity contribution is 7.89. The molecule has 1 aliphatic rings. The van der Waals surface area contributed by atoms with E-state index >= 15 is 0 Å². The van der Waals surface area contributed by atoms with Crippen molar-refractivity contribution in [1.82, 2.24) is 4.31 Å². The summed E-state index contributed by atoms with van der Waals surface area (Å²) in [4.78, 5) is 12.5. The number of carbonyl (C=O) groups excluding carboxylic acids is 1. The van der Waals surface area contributed by atoms with Gasteiger partial charge in [-0.15, -0.1) is 0 Å². The van der Waals surface area contributed by atoms with Crippen LogP contribution in [0.4, 0.5) is 5.69 Å². The molecule has 1 atom stereocenters. The van der Waals surface area contributed by atoms with Crippen LogP contribution in [0, 0.1) is 13.8 Å². The molecule has 0 radical (unpaired) electrons. The van der Waals surface area contributed by atoms with Crippen LogP contribution in [0.25, 0.3) is 0 Å². The largest absolute Gasteiger partial charge is 0.377 e. The fraction of sp³-hybridized carbons (Fsp3) is 0.632. The Morgan fingerprint density at radius 2 is 2.12 bits per heavy atom. The second-order valence-electron chi connectivity index (χ2n) is 6.89. The normalized spacial score (nSPS) is 17.6. The van der Waals surface area contributed by atoms with E-state index in [4.69, 9.17) is 4.74 Å². The molecule has 1 heterocycles. The van der Waals surface area contributed by atoms with Gasteiger partial charge in [-0.3, -0.25) is 4.79 Å². The summed E-state index contributed by atoms with van der Waals surface area (Å²) in [5.74, 6) is -0.260. The third-order valence-corrected chi connectivity index (χ3v) is 6.65. The molecule has 1 fully saturated rings. The minimum absolute atomic E-state index is 0.0625. The Kier molecular flexibility index (Phi) is 7.61. The van der Waals surface area contributed by atoms with Gasteiger partial charge in [0.05, 0.1) is 18.4 Å².